The van der Waals surface area contributed by atoms with Crippen LogP contribution in [0.5, 0.6) is 0 Å². The zero-order valence-corrected chi connectivity index (χ0v) is 8.76. The third-order valence-corrected chi connectivity index (χ3v) is 3.34. The van der Waals surface area contributed by atoms with Gasteiger partial charge in [0.05, 0.1) is 3.57 Å². The molecule has 5 heteroatoms. The Kier molecular flexibility index (Phi) is 2.48. The van der Waals surface area contributed by atoms with E-state index in [0.717, 1.165) is 6.26 Å². The van der Waals surface area contributed by atoms with Gasteiger partial charge in [0.25, 0.3) is 0 Å². The fourth-order valence-corrected chi connectivity index (χ4v) is 2.87. The van der Waals surface area contributed by atoms with E-state index in [1.807, 2.05) is 22.6 Å². The molecule has 1 aromatic heterocycles. The third-order valence-electron chi connectivity index (χ3n) is 1.08. The fourth-order valence-electron chi connectivity index (χ4n) is 0.644. The molecule has 3 nitrogen and oxygen atoms in total. The van der Waals surface area contributed by atoms with E-state index in [1.165, 1.54) is 6.20 Å². The van der Waals surface area contributed by atoms with Crippen LogP contribution < -0.4 is 0 Å². The molecule has 0 unspecified atom stereocenters. The first kappa shape index (κ1) is 8.92. The van der Waals surface area contributed by atoms with Crippen molar-refractivity contribution in [3.05, 3.63) is 21.9 Å². The van der Waals surface area contributed by atoms with Crippen molar-refractivity contribution in [2.45, 2.75) is 5.03 Å². The van der Waals surface area contributed by atoms with E-state index >= 15 is 0 Å². The van der Waals surface area contributed by atoms with Crippen LogP contribution in [0.2, 0.25) is 0 Å². The number of hydrogen-bond donors (Lipinski definition) is 0. The number of rotatable bonds is 1. The van der Waals surface area contributed by atoms with Crippen molar-refractivity contribution in [3.63, 3.8) is 0 Å². The second kappa shape index (κ2) is 3.06. The van der Waals surface area contributed by atoms with Gasteiger partial charge in [0.2, 0.25) is 0 Å². The summed E-state index contributed by atoms with van der Waals surface area (Å²) in [5, 5.41) is 0.153. The number of pyridine rings is 1. The molecule has 0 bridgehead atoms. The molecule has 0 N–H and O–H groups in total. The van der Waals surface area contributed by atoms with Gasteiger partial charge in [-0.15, -0.1) is 0 Å². The molecule has 0 saturated carbocycles. The van der Waals surface area contributed by atoms with Gasteiger partial charge in [-0.25, -0.2) is 13.4 Å². The van der Waals surface area contributed by atoms with E-state index < -0.39 is 9.84 Å². The van der Waals surface area contributed by atoms with Gasteiger partial charge in [0.15, 0.2) is 14.9 Å². The summed E-state index contributed by atoms with van der Waals surface area (Å²) < 4.78 is 22.6. The number of hydrogen-bond acceptors (Lipinski definition) is 3. The van der Waals surface area contributed by atoms with Gasteiger partial charge in [0.1, 0.15) is 0 Å². The molecule has 0 aliphatic carbocycles. The molecule has 0 amide bonds. The molecule has 1 heterocycles. The SMILES string of the molecule is CS(=O)(=O)c1ncccc1I. The maximum absolute atomic E-state index is 11.0. The predicted molar refractivity (Wildman–Crippen MR) is 50.1 cm³/mol. The maximum Gasteiger partial charge on any atom is 0.193 e. The molecular weight excluding hydrogens is 277 g/mol. The lowest BCUT2D eigenvalue weighted by molar-refractivity contribution is 0.597. The van der Waals surface area contributed by atoms with Gasteiger partial charge in [-0.3, -0.25) is 0 Å². The molecule has 0 spiro atoms. The summed E-state index contributed by atoms with van der Waals surface area (Å²) in [6.07, 6.45) is 2.62. The van der Waals surface area contributed by atoms with E-state index in [9.17, 15) is 8.42 Å². The van der Waals surface area contributed by atoms with Crippen LogP contribution in [-0.2, 0) is 9.84 Å². The van der Waals surface area contributed by atoms with Crippen molar-refractivity contribution in [2.24, 2.45) is 0 Å². The van der Waals surface area contributed by atoms with Crippen molar-refractivity contribution in [2.75, 3.05) is 6.26 Å². The van der Waals surface area contributed by atoms with Gasteiger partial charge in [-0.05, 0) is 34.7 Å². The Balaban J connectivity index is 3.37. The summed E-state index contributed by atoms with van der Waals surface area (Å²) in [6.45, 7) is 0. The lowest BCUT2D eigenvalue weighted by atomic mass is 10.5. The van der Waals surface area contributed by atoms with Crippen molar-refractivity contribution >= 4 is 32.4 Å². The molecule has 0 atom stereocenters. The van der Waals surface area contributed by atoms with Crippen LogP contribution >= 0.6 is 22.6 Å². The highest BCUT2D eigenvalue weighted by Crippen LogP contribution is 2.13. The van der Waals surface area contributed by atoms with Crippen LogP contribution in [0, 0.1) is 3.57 Å². The van der Waals surface area contributed by atoms with Gasteiger partial charge in [0, 0.05) is 12.5 Å². The Labute approximate surface area is 78.9 Å². The standard InChI is InChI=1S/C6H6INO2S/c1-11(9,10)6-5(7)3-2-4-8-6/h2-4H,1H3. The number of aromatic nitrogens is 1. The maximum atomic E-state index is 11.0. The van der Waals surface area contributed by atoms with Gasteiger partial charge < -0.3 is 0 Å². The quantitative estimate of drug-likeness (QED) is 0.725. The van der Waals surface area contributed by atoms with E-state index in [2.05, 4.69) is 4.98 Å². The lowest BCUT2D eigenvalue weighted by Gasteiger charge is -1.97. The summed E-state index contributed by atoms with van der Waals surface area (Å²) in [7, 11) is -3.15. The van der Waals surface area contributed by atoms with E-state index in [0.29, 0.717) is 3.57 Å². The molecular formula is C6H6INO2S. The first-order chi connectivity index (χ1) is 5.02. The van der Waals surface area contributed by atoms with Crippen molar-refractivity contribution < 1.29 is 8.42 Å². The summed E-state index contributed by atoms with van der Waals surface area (Å²) in [4.78, 5) is 3.75. The Hall–Kier alpha value is -0.170. The molecule has 11 heavy (non-hydrogen) atoms. The minimum Gasteiger partial charge on any atom is -0.244 e. The summed E-state index contributed by atoms with van der Waals surface area (Å²) in [6, 6.07) is 3.42. The molecule has 1 aromatic rings. The zero-order chi connectivity index (χ0) is 8.48. The second-order valence-corrected chi connectivity index (χ2v) is 5.16. The largest absolute Gasteiger partial charge is 0.244 e. The topological polar surface area (TPSA) is 47.0 Å². The molecule has 0 aliphatic heterocycles. The molecule has 60 valence electrons. The molecule has 1 rings (SSSR count). The molecule has 0 aliphatic rings. The lowest BCUT2D eigenvalue weighted by Crippen LogP contribution is -2.02. The Bertz CT molecular complexity index is 361. The van der Waals surface area contributed by atoms with Gasteiger partial charge in [-0.2, -0.15) is 0 Å². The van der Waals surface area contributed by atoms with Crippen LogP contribution in [-0.4, -0.2) is 19.7 Å². The van der Waals surface area contributed by atoms with Gasteiger partial charge >= 0.3 is 0 Å². The van der Waals surface area contributed by atoms with E-state index in [4.69, 9.17) is 0 Å². The summed E-state index contributed by atoms with van der Waals surface area (Å²) in [5.41, 5.74) is 0. The molecule has 0 radical (unpaired) electrons. The highest BCUT2D eigenvalue weighted by molar-refractivity contribution is 14.1. The summed E-state index contributed by atoms with van der Waals surface area (Å²) in [5.74, 6) is 0. The molecule has 0 aromatic carbocycles. The van der Waals surface area contributed by atoms with Crippen LogP contribution in [0.4, 0.5) is 0 Å². The number of halogens is 1. The number of sulfone groups is 1. The normalized spacial score (nSPS) is 11.5. The van der Waals surface area contributed by atoms with Crippen LogP contribution in [0.1, 0.15) is 0 Å². The van der Waals surface area contributed by atoms with Crippen LogP contribution in [0.15, 0.2) is 23.4 Å². The Morgan fingerprint density at radius 2 is 2.18 bits per heavy atom. The first-order valence-corrected chi connectivity index (χ1v) is 5.79. The smallest absolute Gasteiger partial charge is 0.193 e. The van der Waals surface area contributed by atoms with E-state index in [1.54, 1.807) is 12.1 Å². The average Bonchev–Trinajstić information content (AvgIpc) is 1.86. The summed E-state index contributed by atoms with van der Waals surface area (Å²) >= 11 is 1.94. The second-order valence-electron chi connectivity index (χ2n) is 2.06. The molecule has 0 fully saturated rings. The van der Waals surface area contributed by atoms with Crippen molar-refractivity contribution in [3.8, 4) is 0 Å². The van der Waals surface area contributed by atoms with Crippen molar-refractivity contribution in [1.82, 2.24) is 4.98 Å². The van der Waals surface area contributed by atoms with E-state index in [-0.39, 0.29) is 5.03 Å². The minimum atomic E-state index is -3.15. The third kappa shape index (κ3) is 2.13. The Morgan fingerprint density at radius 1 is 1.55 bits per heavy atom. The highest BCUT2D eigenvalue weighted by atomic mass is 127. The fraction of sp³-hybridized carbons (Fsp3) is 0.167. The van der Waals surface area contributed by atoms with Crippen LogP contribution in [0.25, 0.3) is 0 Å². The van der Waals surface area contributed by atoms with Gasteiger partial charge in [-0.1, -0.05) is 0 Å². The monoisotopic (exact) mass is 283 g/mol. The average molecular weight is 283 g/mol. The predicted octanol–water partition coefficient (Wildman–Crippen LogP) is 1.09. The minimum absolute atomic E-state index is 0.153. The zero-order valence-electron chi connectivity index (χ0n) is 5.78. The molecule has 0 saturated heterocycles. The van der Waals surface area contributed by atoms with Crippen LogP contribution in [0.3, 0.4) is 0 Å². The number of nitrogens with zero attached hydrogens (tertiary/aromatic N) is 1. The highest BCUT2D eigenvalue weighted by Gasteiger charge is 2.11. The first-order valence-electron chi connectivity index (χ1n) is 2.82. The Morgan fingerprint density at radius 3 is 2.55 bits per heavy atom. The van der Waals surface area contributed by atoms with Crippen molar-refractivity contribution in [1.29, 1.82) is 0 Å².